The van der Waals surface area contributed by atoms with Gasteiger partial charge in [0, 0.05) is 0 Å². The van der Waals surface area contributed by atoms with E-state index < -0.39 is 11.9 Å². The Morgan fingerprint density at radius 2 is 1.31 bits per heavy atom. The number of nitrogens with zero attached hydrogens (tertiary/aromatic N) is 1. The van der Waals surface area contributed by atoms with Crippen molar-refractivity contribution in [1.82, 2.24) is 4.98 Å². The fraction of sp³-hybridized carbons (Fsp3) is 0.708. The van der Waals surface area contributed by atoms with Crippen molar-refractivity contribution in [3.05, 3.63) is 29.6 Å². The smallest absolute Gasteiger partial charge is 0.356 e. The Morgan fingerprint density at radius 1 is 0.793 bits per heavy atom. The van der Waals surface area contributed by atoms with E-state index in [-0.39, 0.29) is 11.4 Å². The zero-order valence-corrected chi connectivity index (χ0v) is 18.6. The minimum Gasteiger partial charge on any atom is -0.461 e. The molecule has 1 aromatic rings. The maximum atomic E-state index is 12.2. The van der Waals surface area contributed by atoms with E-state index in [9.17, 15) is 9.59 Å². The maximum Gasteiger partial charge on any atom is 0.356 e. The van der Waals surface area contributed by atoms with Crippen molar-refractivity contribution in [1.29, 1.82) is 0 Å². The maximum absolute atomic E-state index is 12.2. The number of carbonyl (C=O) groups excluding carboxylic acids is 2. The topological polar surface area (TPSA) is 65.5 Å². The van der Waals surface area contributed by atoms with E-state index >= 15 is 0 Å². The Hall–Kier alpha value is -1.91. The summed E-state index contributed by atoms with van der Waals surface area (Å²) < 4.78 is 10.6. The van der Waals surface area contributed by atoms with Gasteiger partial charge in [-0.2, -0.15) is 0 Å². The van der Waals surface area contributed by atoms with Gasteiger partial charge in [-0.25, -0.2) is 14.6 Å². The summed E-state index contributed by atoms with van der Waals surface area (Å²) in [4.78, 5) is 28.5. The van der Waals surface area contributed by atoms with Crippen molar-refractivity contribution in [3.63, 3.8) is 0 Å². The molecular formula is C24H39NO4. The van der Waals surface area contributed by atoms with E-state index in [2.05, 4.69) is 25.8 Å². The van der Waals surface area contributed by atoms with E-state index in [1.54, 1.807) is 18.2 Å². The highest BCUT2D eigenvalue weighted by Gasteiger charge is 2.15. The Bertz CT molecular complexity index is 584. The van der Waals surface area contributed by atoms with Crippen LogP contribution in [0, 0.1) is 5.92 Å². The molecule has 0 amide bonds. The van der Waals surface area contributed by atoms with Gasteiger partial charge in [-0.15, -0.1) is 0 Å². The molecule has 1 rings (SSSR count). The number of unbranched alkanes of at least 4 members (excludes halogenated alkanes) is 8. The van der Waals surface area contributed by atoms with Crippen molar-refractivity contribution >= 4 is 11.9 Å². The third-order valence-electron chi connectivity index (χ3n) is 5.25. The average Bonchev–Trinajstić information content (AvgIpc) is 2.75. The molecule has 0 aliphatic heterocycles. The second kappa shape index (κ2) is 15.9. The van der Waals surface area contributed by atoms with Gasteiger partial charge in [-0.3, -0.25) is 0 Å². The fourth-order valence-electron chi connectivity index (χ4n) is 3.11. The van der Waals surface area contributed by atoms with E-state index in [0.717, 1.165) is 25.7 Å². The molecule has 0 radical (unpaired) electrons. The summed E-state index contributed by atoms with van der Waals surface area (Å²) in [5.41, 5.74) is 0.298. The Kier molecular flexibility index (Phi) is 13.8. The molecule has 0 atom stereocenters. The monoisotopic (exact) mass is 405 g/mol. The molecular weight excluding hydrogens is 366 g/mol. The fourth-order valence-corrected chi connectivity index (χ4v) is 3.11. The zero-order valence-electron chi connectivity index (χ0n) is 18.6. The van der Waals surface area contributed by atoms with Crippen molar-refractivity contribution in [2.75, 3.05) is 13.2 Å². The Morgan fingerprint density at radius 3 is 1.86 bits per heavy atom. The summed E-state index contributed by atoms with van der Waals surface area (Å²) in [7, 11) is 0. The molecule has 0 aliphatic rings. The number of ether oxygens (including phenoxy) is 2. The second-order valence-electron chi connectivity index (χ2n) is 7.65. The largest absolute Gasteiger partial charge is 0.461 e. The van der Waals surface area contributed by atoms with Gasteiger partial charge in [0.1, 0.15) is 11.4 Å². The van der Waals surface area contributed by atoms with E-state index in [4.69, 9.17) is 9.47 Å². The predicted molar refractivity (Wildman–Crippen MR) is 116 cm³/mol. The van der Waals surface area contributed by atoms with Crippen LogP contribution in [0.5, 0.6) is 0 Å². The lowest BCUT2D eigenvalue weighted by Crippen LogP contribution is -2.16. The van der Waals surface area contributed by atoms with E-state index in [1.165, 1.54) is 44.9 Å². The van der Waals surface area contributed by atoms with Crippen LogP contribution in [0.15, 0.2) is 18.2 Å². The molecule has 0 bridgehead atoms. The summed E-state index contributed by atoms with van der Waals surface area (Å²) in [6.45, 7) is 7.14. The number of esters is 2. The Labute approximate surface area is 176 Å². The highest BCUT2D eigenvalue weighted by molar-refractivity contribution is 5.91. The molecule has 0 aromatic carbocycles. The first-order chi connectivity index (χ1) is 14.1. The second-order valence-corrected chi connectivity index (χ2v) is 7.65. The summed E-state index contributed by atoms with van der Waals surface area (Å²) in [5, 5.41) is 0. The van der Waals surface area contributed by atoms with Crippen LogP contribution < -0.4 is 0 Å². The number of hydrogen-bond donors (Lipinski definition) is 0. The quantitative estimate of drug-likeness (QED) is 0.236. The zero-order chi connectivity index (χ0) is 21.3. The van der Waals surface area contributed by atoms with Crippen LogP contribution in [0.4, 0.5) is 0 Å². The summed E-state index contributed by atoms with van der Waals surface area (Å²) >= 11 is 0. The summed E-state index contributed by atoms with van der Waals surface area (Å²) in [5.74, 6) is -0.631. The minimum absolute atomic E-state index is 0.147. The number of rotatable bonds is 16. The molecule has 5 heteroatoms. The molecule has 0 saturated heterocycles. The van der Waals surface area contributed by atoms with Crippen LogP contribution in [-0.4, -0.2) is 30.1 Å². The third-order valence-corrected chi connectivity index (χ3v) is 5.25. The number of aromatic nitrogens is 1. The van der Waals surface area contributed by atoms with Gasteiger partial charge in [0.05, 0.1) is 13.2 Å². The van der Waals surface area contributed by atoms with Gasteiger partial charge in [0.2, 0.25) is 0 Å². The van der Waals surface area contributed by atoms with Gasteiger partial charge < -0.3 is 9.47 Å². The highest BCUT2D eigenvalue weighted by Crippen LogP contribution is 2.11. The molecule has 1 aromatic heterocycles. The standard InChI is InChI=1S/C24H39NO4/c1-4-7-8-9-10-11-12-13-14-18-28-23(26)21-16-15-17-22(25-21)24(27)29-19-20(5-2)6-3/h15-17,20H,4-14,18-19H2,1-3H3. The van der Waals surface area contributed by atoms with Gasteiger partial charge in [-0.1, -0.05) is 91.0 Å². The summed E-state index contributed by atoms with van der Waals surface area (Å²) in [6.07, 6.45) is 12.9. The predicted octanol–water partition coefficient (Wildman–Crippen LogP) is 6.36. The normalized spacial score (nSPS) is 10.9. The highest BCUT2D eigenvalue weighted by atomic mass is 16.5. The van der Waals surface area contributed by atoms with Crippen LogP contribution in [0.1, 0.15) is 112 Å². The molecule has 0 saturated carbocycles. The lowest BCUT2D eigenvalue weighted by molar-refractivity contribution is 0.0425. The molecule has 0 fully saturated rings. The van der Waals surface area contributed by atoms with Crippen LogP contribution in [-0.2, 0) is 9.47 Å². The van der Waals surface area contributed by atoms with Gasteiger partial charge in [-0.05, 0) is 24.5 Å². The SMILES string of the molecule is CCCCCCCCCCCOC(=O)c1cccc(C(=O)OCC(CC)CC)n1. The van der Waals surface area contributed by atoms with Crippen molar-refractivity contribution in [2.45, 2.75) is 91.4 Å². The van der Waals surface area contributed by atoms with E-state index in [0.29, 0.717) is 19.1 Å². The third kappa shape index (κ3) is 11.0. The number of hydrogen-bond acceptors (Lipinski definition) is 5. The summed E-state index contributed by atoms with van der Waals surface area (Å²) in [6, 6.07) is 4.76. The van der Waals surface area contributed by atoms with Gasteiger partial charge in [0.15, 0.2) is 0 Å². The van der Waals surface area contributed by atoms with Gasteiger partial charge >= 0.3 is 11.9 Å². The van der Waals surface area contributed by atoms with Crippen LogP contribution in [0.2, 0.25) is 0 Å². The lowest BCUT2D eigenvalue weighted by Gasteiger charge is -2.12. The van der Waals surface area contributed by atoms with E-state index in [1.807, 2.05) is 0 Å². The Balaban J connectivity index is 2.27. The molecule has 5 nitrogen and oxygen atoms in total. The lowest BCUT2D eigenvalue weighted by atomic mass is 10.1. The van der Waals surface area contributed by atoms with Crippen LogP contribution in [0.3, 0.4) is 0 Å². The average molecular weight is 406 g/mol. The van der Waals surface area contributed by atoms with Crippen molar-refractivity contribution < 1.29 is 19.1 Å². The van der Waals surface area contributed by atoms with Crippen LogP contribution in [0.25, 0.3) is 0 Å². The molecule has 0 unspecified atom stereocenters. The molecule has 29 heavy (non-hydrogen) atoms. The van der Waals surface area contributed by atoms with Crippen molar-refractivity contribution in [2.24, 2.45) is 5.92 Å². The molecule has 164 valence electrons. The number of pyridine rings is 1. The van der Waals surface area contributed by atoms with Crippen molar-refractivity contribution in [3.8, 4) is 0 Å². The molecule has 0 spiro atoms. The first-order valence-corrected chi connectivity index (χ1v) is 11.4. The first-order valence-electron chi connectivity index (χ1n) is 11.4. The number of carbonyl (C=O) groups is 2. The molecule has 1 heterocycles. The molecule has 0 N–H and O–H groups in total. The van der Waals surface area contributed by atoms with Gasteiger partial charge in [0.25, 0.3) is 0 Å². The van der Waals surface area contributed by atoms with Crippen LogP contribution >= 0.6 is 0 Å². The molecule has 0 aliphatic carbocycles. The first kappa shape index (κ1) is 25.1. The minimum atomic E-state index is -0.495.